The van der Waals surface area contributed by atoms with E-state index in [9.17, 15) is 14.7 Å². The standard InChI is InChI=1S/C15H21N3O4/c1-3-11(19)8-12(20)9-14-16-13(10-22-14)15(21)18-6-4-17(2)5-7-18/h3,10-11,19H,1,4-9H2,2H3/t11-/m1/s1. The lowest BCUT2D eigenvalue weighted by molar-refractivity contribution is -0.120. The average molecular weight is 307 g/mol. The maximum absolute atomic E-state index is 12.3. The van der Waals surface area contributed by atoms with Crippen LogP contribution in [0.3, 0.4) is 0 Å². The molecule has 22 heavy (non-hydrogen) atoms. The molecule has 7 heteroatoms. The van der Waals surface area contributed by atoms with E-state index in [1.54, 1.807) is 4.90 Å². The summed E-state index contributed by atoms with van der Waals surface area (Å²) in [7, 11) is 2.01. The van der Waals surface area contributed by atoms with Crippen molar-refractivity contribution < 1.29 is 19.1 Å². The van der Waals surface area contributed by atoms with Crippen molar-refractivity contribution in [3.8, 4) is 0 Å². The third kappa shape index (κ3) is 4.25. The SMILES string of the molecule is C=C[C@@H](O)CC(=O)Cc1nc(C(=O)N2CCN(C)CC2)co1. The van der Waals surface area contributed by atoms with E-state index < -0.39 is 6.10 Å². The summed E-state index contributed by atoms with van der Waals surface area (Å²) in [6, 6.07) is 0. The third-order valence-electron chi connectivity index (χ3n) is 3.62. The van der Waals surface area contributed by atoms with Crippen molar-refractivity contribution in [2.75, 3.05) is 33.2 Å². The van der Waals surface area contributed by atoms with Crippen LogP contribution in [0.1, 0.15) is 22.8 Å². The van der Waals surface area contributed by atoms with Gasteiger partial charge in [-0.25, -0.2) is 4.98 Å². The second-order valence-electron chi connectivity index (χ2n) is 5.44. The van der Waals surface area contributed by atoms with E-state index in [1.165, 1.54) is 12.3 Å². The number of carbonyl (C=O) groups is 2. The molecule has 0 bridgehead atoms. The van der Waals surface area contributed by atoms with Crippen LogP contribution in [-0.2, 0) is 11.2 Å². The van der Waals surface area contributed by atoms with Gasteiger partial charge in [0.2, 0.25) is 5.89 Å². The van der Waals surface area contributed by atoms with E-state index in [1.807, 2.05) is 7.05 Å². The molecule has 1 aliphatic heterocycles. The zero-order valence-corrected chi connectivity index (χ0v) is 12.7. The zero-order chi connectivity index (χ0) is 16.1. The molecule has 2 rings (SSSR count). The number of likely N-dealkylation sites (N-methyl/N-ethyl adjacent to an activating group) is 1. The number of nitrogens with zero attached hydrogens (tertiary/aromatic N) is 3. The minimum atomic E-state index is -0.867. The monoisotopic (exact) mass is 307 g/mol. The van der Waals surface area contributed by atoms with Crippen molar-refractivity contribution in [2.45, 2.75) is 18.9 Å². The molecule has 0 radical (unpaired) electrons. The number of aliphatic hydroxyl groups excluding tert-OH is 1. The van der Waals surface area contributed by atoms with Gasteiger partial charge in [-0.15, -0.1) is 6.58 Å². The van der Waals surface area contributed by atoms with Crippen molar-refractivity contribution in [1.29, 1.82) is 0 Å². The Balaban J connectivity index is 1.92. The Morgan fingerprint density at radius 3 is 2.77 bits per heavy atom. The Labute approximate surface area is 129 Å². The number of Topliss-reactive ketones (excluding diaryl/α,β-unsaturated/α-hetero) is 1. The number of piperazine rings is 1. The number of carbonyl (C=O) groups excluding carboxylic acids is 2. The maximum Gasteiger partial charge on any atom is 0.275 e. The smallest absolute Gasteiger partial charge is 0.275 e. The van der Waals surface area contributed by atoms with Crippen molar-refractivity contribution in [3.63, 3.8) is 0 Å². The van der Waals surface area contributed by atoms with Gasteiger partial charge in [0.15, 0.2) is 5.69 Å². The molecule has 1 saturated heterocycles. The Bertz CT molecular complexity index is 547. The minimum Gasteiger partial charge on any atom is -0.448 e. The second kappa shape index (κ2) is 7.33. The Morgan fingerprint density at radius 1 is 1.45 bits per heavy atom. The van der Waals surface area contributed by atoms with Gasteiger partial charge in [0.1, 0.15) is 12.0 Å². The van der Waals surface area contributed by atoms with Gasteiger partial charge in [-0.05, 0) is 7.05 Å². The van der Waals surface area contributed by atoms with Gasteiger partial charge >= 0.3 is 0 Å². The van der Waals surface area contributed by atoms with Crippen LogP contribution in [0.5, 0.6) is 0 Å². The molecule has 0 saturated carbocycles. The van der Waals surface area contributed by atoms with Gasteiger partial charge in [0.25, 0.3) is 5.91 Å². The molecular weight excluding hydrogens is 286 g/mol. The highest BCUT2D eigenvalue weighted by Gasteiger charge is 2.23. The molecule has 1 amide bonds. The summed E-state index contributed by atoms with van der Waals surface area (Å²) < 4.78 is 5.19. The third-order valence-corrected chi connectivity index (χ3v) is 3.62. The van der Waals surface area contributed by atoms with Gasteiger partial charge in [-0.2, -0.15) is 0 Å². The quantitative estimate of drug-likeness (QED) is 0.751. The summed E-state index contributed by atoms with van der Waals surface area (Å²) in [5.41, 5.74) is 0.219. The molecule has 0 spiro atoms. The first kappa shape index (κ1) is 16.4. The lowest BCUT2D eigenvalue weighted by Gasteiger charge is -2.31. The zero-order valence-electron chi connectivity index (χ0n) is 12.7. The van der Waals surface area contributed by atoms with Crippen LogP contribution in [0.25, 0.3) is 0 Å². The predicted molar refractivity (Wildman–Crippen MR) is 79.4 cm³/mol. The molecule has 1 N–H and O–H groups in total. The largest absolute Gasteiger partial charge is 0.448 e. The van der Waals surface area contributed by atoms with Crippen LogP contribution < -0.4 is 0 Å². The highest BCUT2D eigenvalue weighted by Crippen LogP contribution is 2.10. The van der Waals surface area contributed by atoms with Gasteiger partial charge in [-0.3, -0.25) is 9.59 Å². The molecule has 1 atom stereocenters. The van der Waals surface area contributed by atoms with Gasteiger partial charge in [0.05, 0.1) is 12.5 Å². The molecule has 0 aromatic carbocycles. The van der Waals surface area contributed by atoms with E-state index >= 15 is 0 Å². The van der Waals surface area contributed by atoms with E-state index in [2.05, 4.69) is 16.5 Å². The second-order valence-corrected chi connectivity index (χ2v) is 5.44. The first-order valence-corrected chi connectivity index (χ1v) is 7.24. The highest BCUT2D eigenvalue weighted by molar-refractivity contribution is 5.92. The van der Waals surface area contributed by atoms with Crippen LogP contribution in [0.4, 0.5) is 0 Å². The number of hydrogen-bond donors (Lipinski definition) is 1. The Kier molecular flexibility index (Phi) is 5.46. The number of rotatable bonds is 6. The van der Waals surface area contributed by atoms with Crippen molar-refractivity contribution in [2.24, 2.45) is 0 Å². The number of ketones is 1. The van der Waals surface area contributed by atoms with Crippen molar-refractivity contribution in [3.05, 3.63) is 30.5 Å². The molecule has 1 fully saturated rings. The molecular formula is C15H21N3O4. The first-order valence-electron chi connectivity index (χ1n) is 7.24. The van der Waals surface area contributed by atoms with Crippen LogP contribution in [0.15, 0.2) is 23.3 Å². The molecule has 7 nitrogen and oxygen atoms in total. The maximum atomic E-state index is 12.3. The number of aliphatic hydroxyl groups is 1. The average Bonchev–Trinajstić information content (AvgIpc) is 2.95. The van der Waals surface area contributed by atoms with Crippen LogP contribution >= 0.6 is 0 Å². The normalized spacial score (nSPS) is 17.3. The van der Waals surface area contributed by atoms with E-state index in [4.69, 9.17) is 4.42 Å². The fourth-order valence-electron chi connectivity index (χ4n) is 2.22. The summed E-state index contributed by atoms with van der Waals surface area (Å²) in [6.07, 6.45) is 1.64. The van der Waals surface area contributed by atoms with Crippen LogP contribution in [0.2, 0.25) is 0 Å². The summed E-state index contributed by atoms with van der Waals surface area (Å²) in [5.74, 6) is -0.201. The number of aromatic nitrogens is 1. The highest BCUT2D eigenvalue weighted by atomic mass is 16.3. The summed E-state index contributed by atoms with van der Waals surface area (Å²) in [5, 5.41) is 9.34. The predicted octanol–water partition coefficient (Wildman–Crippen LogP) is 0.111. The number of amides is 1. The molecule has 2 heterocycles. The lowest BCUT2D eigenvalue weighted by atomic mass is 10.1. The Morgan fingerprint density at radius 2 is 2.14 bits per heavy atom. The summed E-state index contributed by atoms with van der Waals surface area (Å²) >= 11 is 0. The van der Waals surface area contributed by atoms with E-state index in [0.29, 0.717) is 13.1 Å². The number of hydrogen-bond acceptors (Lipinski definition) is 6. The molecule has 1 aromatic heterocycles. The Hall–Kier alpha value is -1.99. The van der Waals surface area contributed by atoms with Crippen molar-refractivity contribution in [1.82, 2.24) is 14.8 Å². The van der Waals surface area contributed by atoms with Crippen molar-refractivity contribution >= 4 is 11.7 Å². The lowest BCUT2D eigenvalue weighted by Crippen LogP contribution is -2.47. The topological polar surface area (TPSA) is 86.9 Å². The summed E-state index contributed by atoms with van der Waals surface area (Å²) in [6.45, 7) is 6.38. The first-order chi connectivity index (χ1) is 10.5. The summed E-state index contributed by atoms with van der Waals surface area (Å²) in [4.78, 5) is 31.9. The van der Waals surface area contributed by atoms with E-state index in [0.717, 1.165) is 13.1 Å². The van der Waals surface area contributed by atoms with Gasteiger partial charge in [-0.1, -0.05) is 6.08 Å². The molecule has 0 unspecified atom stereocenters. The molecule has 0 aliphatic carbocycles. The molecule has 120 valence electrons. The van der Waals surface area contributed by atoms with Gasteiger partial charge in [0, 0.05) is 32.6 Å². The number of oxazole rings is 1. The fourth-order valence-corrected chi connectivity index (χ4v) is 2.22. The van der Waals surface area contributed by atoms with E-state index in [-0.39, 0.29) is 36.1 Å². The fraction of sp³-hybridized carbons (Fsp3) is 0.533. The molecule has 1 aromatic rings. The molecule has 1 aliphatic rings. The van der Waals surface area contributed by atoms with Gasteiger partial charge < -0.3 is 19.3 Å². The minimum absolute atomic E-state index is 0.0341. The van der Waals surface area contributed by atoms with Crippen LogP contribution in [-0.4, -0.2) is 70.9 Å². The van der Waals surface area contributed by atoms with Crippen LogP contribution in [0, 0.1) is 0 Å².